The molecule has 2 N–H and O–H groups in total. The summed E-state index contributed by atoms with van der Waals surface area (Å²) in [5, 5.41) is 7.08. The Morgan fingerprint density at radius 3 is 2.40 bits per heavy atom. The number of halogens is 2. The molecule has 1 saturated heterocycles. The number of amides is 2. The van der Waals surface area contributed by atoms with Gasteiger partial charge in [-0.15, -0.1) is 0 Å². The molecule has 1 heterocycles. The van der Waals surface area contributed by atoms with Gasteiger partial charge in [0.1, 0.15) is 36.3 Å². The van der Waals surface area contributed by atoms with Gasteiger partial charge < -0.3 is 20.1 Å². The molecule has 0 bridgehead atoms. The molecule has 208 valence electrons. The number of ether oxygens (including phenoxy) is 2. The number of likely N-dealkylation sites (tertiary alicyclic amines) is 1. The number of nitrogens with zero attached hydrogens (tertiary/aromatic N) is 1. The SMILES string of the molecule is O=C(NCc1ccc(F)cc1F)Nc1ccc(OCc2ccc(OCCN3CCCCC3)cc2)c2ccccc12. The molecular weight excluding hydrogens is 512 g/mol. The molecule has 0 unspecified atom stereocenters. The zero-order chi connectivity index (χ0) is 27.7. The van der Waals surface area contributed by atoms with Crippen molar-refractivity contribution in [2.24, 2.45) is 0 Å². The van der Waals surface area contributed by atoms with Gasteiger partial charge in [-0.05, 0) is 61.8 Å². The Labute approximate surface area is 232 Å². The molecule has 0 atom stereocenters. The van der Waals surface area contributed by atoms with Crippen LogP contribution >= 0.6 is 0 Å². The molecule has 0 aliphatic carbocycles. The lowest BCUT2D eigenvalue weighted by atomic mass is 10.1. The molecule has 0 aromatic heterocycles. The van der Waals surface area contributed by atoms with E-state index < -0.39 is 17.7 Å². The highest BCUT2D eigenvalue weighted by molar-refractivity contribution is 6.03. The van der Waals surface area contributed by atoms with Gasteiger partial charge in [0.2, 0.25) is 0 Å². The van der Waals surface area contributed by atoms with Crippen molar-refractivity contribution >= 4 is 22.5 Å². The van der Waals surface area contributed by atoms with Gasteiger partial charge in [-0.2, -0.15) is 0 Å². The van der Waals surface area contributed by atoms with Crippen molar-refractivity contribution in [3.05, 3.63) is 102 Å². The predicted octanol–water partition coefficient (Wildman–Crippen LogP) is 6.88. The second kappa shape index (κ2) is 13.3. The molecule has 1 aliphatic heterocycles. The van der Waals surface area contributed by atoms with Gasteiger partial charge in [0.15, 0.2) is 0 Å². The first-order chi connectivity index (χ1) is 19.5. The maximum Gasteiger partial charge on any atom is 0.319 e. The second-order valence-corrected chi connectivity index (χ2v) is 9.88. The van der Waals surface area contributed by atoms with Crippen LogP contribution in [0.3, 0.4) is 0 Å². The van der Waals surface area contributed by atoms with E-state index in [9.17, 15) is 13.6 Å². The lowest BCUT2D eigenvalue weighted by Crippen LogP contribution is -2.33. The number of rotatable bonds is 10. The fourth-order valence-corrected chi connectivity index (χ4v) is 4.83. The van der Waals surface area contributed by atoms with E-state index in [4.69, 9.17) is 9.47 Å². The van der Waals surface area contributed by atoms with Crippen molar-refractivity contribution in [2.45, 2.75) is 32.4 Å². The van der Waals surface area contributed by atoms with Gasteiger partial charge in [-0.3, -0.25) is 4.90 Å². The van der Waals surface area contributed by atoms with Crippen LogP contribution < -0.4 is 20.1 Å². The minimum atomic E-state index is -0.706. The van der Waals surface area contributed by atoms with E-state index in [0.29, 0.717) is 24.7 Å². The van der Waals surface area contributed by atoms with E-state index in [0.717, 1.165) is 53.9 Å². The number of fused-ring (bicyclic) bond motifs is 1. The highest BCUT2D eigenvalue weighted by Gasteiger charge is 2.12. The van der Waals surface area contributed by atoms with Crippen LogP contribution in [0.25, 0.3) is 10.8 Å². The van der Waals surface area contributed by atoms with Crippen LogP contribution in [0.4, 0.5) is 19.3 Å². The number of benzene rings is 4. The number of carbonyl (C=O) groups excluding carboxylic acids is 1. The molecule has 6 nitrogen and oxygen atoms in total. The quantitative estimate of drug-likeness (QED) is 0.228. The van der Waals surface area contributed by atoms with Crippen molar-refractivity contribution in [1.82, 2.24) is 10.2 Å². The maximum atomic E-state index is 13.9. The van der Waals surface area contributed by atoms with Crippen LogP contribution in [0.15, 0.2) is 78.9 Å². The summed E-state index contributed by atoms with van der Waals surface area (Å²) in [7, 11) is 0. The molecule has 0 radical (unpaired) electrons. The van der Waals surface area contributed by atoms with E-state index >= 15 is 0 Å². The van der Waals surface area contributed by atoms with Gasteiger partial charge in [0.05, 0.1) is 5.69 Å². The van der Waals surface area contributed by atoms with Crippen LogP contribution in [-0.4, -0.2) is 37.2 Å². The molecule has 0 saturated carbocycles. The van der Waals surface area contributed by atoms with Crippen LogP contribution in [0.2, 0.25) is 0 Å². The topological polar surface area (TPSA) is 62.8 Å². The summed E-state index contributed by atoms with van der Waals surface area (Å²) in [6.45, 7) is 4.28. The van der Waals surface area contributed by atoms with E-state index in [2.05, 4.69) is 15.5 Å². The molecule has 5 rings (SSSR count). The fourth-order valence-electron chi connectivity index (χ4n) is 4.83. The number of hydrogen-bond donors (Lipinski definition) is 2. The minimum absolute atomic E-state index is 0.0701. The molecule has 1 aliphatic rings. The van der Waals surface area contributed by atoms with E-state index in [1.54, 1.807) is 6.07 Å². The molecule has 2 amide bonds. The lowest BCUT2D eigenvalue weighted by Gasteiger charge is -2.26. The van der Waals surface area contributed by atoms with Crippen LogP contribution in [0.5, 0.6) is 11.5 Å². The Balaban J connectivity index is 1.16. The van der Waals surface area contributed by atoms with Crippen LogP contribution in [0.1, 0.15) is 30.4 Å². The standard InChI is InChI=1S/C32H33F2N3O3/c33-25-11-10-24(29(34)20-25)21-35-32(38)36-30-14-15-31(28-7-3-2-6-27(28)30)40-22-23-8-12-26(13-9-23)39-19-18-37-16-4-1-5-17-37/h2-3,6-15,20H,1,4-5,16-19,21-22H2,(H2,35,36,38). The van der Waals surface area contributed by atoms with Crippen LogP contribution in [0, 0.1) is 11.6 Å². The largest absolute Gasteiger partial charge is 0.492 e. The van der Waals surface area contributed by atoms with Crippen molar-refractivity contribution < 1.29 is 23.0 Å². The van der Waals surface area contributed by atoms with E-state index in [1.807, 2.05) is 54.6 Å². The van der Waals surface area contributed by atoms with Gasteiger partial charge >= 0.3 is 6.03 Å². The van der Waals surface area contributed by atoms with Gasteiger partial charge in [-0.1, -0.05) is 48.9 Å². The highest BCUT2D eigenvalue weighted by atomic mass is 19.1. The van der Waals surface area contributed by atoms with Gasteiger partial charge in [-0.25, -0.2) is 13.6 Å². The number of urea groups is 1. The monoisotopic (exact) mass is 545 g/mol. The minimum Gasteiger partial charge on any atom is -0.492 e. The number of hydrogen-bond acceptors (Lipinski definition) is 4. The molecule has 8 heteroatoms. The van der Waals surface area contributed by atoms with Crippen molar-refractivity contribution in [3.63, 3.8) is 0 Å². The summed E-state index contributed by atoms with van der Waals surface area (Å²) in [6.07, 6.45) is 3.89. The second-order valence-electron chi connectivity index (χ2n) is 9.88. The van der Waals surface area contributed by atoms with Crippen LogP contribution in [-0.2, 0) is 13.2 Å². The first-order valence-electron chi connectivity index (χ1n) is 13.6. The molecule has 1 fully saturated rings. The number of anilines is 1. The summed E-state index contributed by atoms with van der Waals surface area (Å²) in [4.78, 5) is 15.0. The zero-order valence-corrected chi connectivity index (χ0v) is 22.3. The van der Waals surface area contributed by atoms with Crippen molar-refractivity contribution in [2.75, 3.05) is 31.6 Å². The third-order valence-electron chi connectivity index (χ3n) is 7.03. The molecule has 40 heavy (non-hydrogen) atoms. The summed E-state index contributed by atoms with van der Waals surface area (Å²) in [5.74, 6) is 0.172. The molecule has 0 spiro atoms. The summed E-state index contributed by atoms with van der Waals surface area (Å²) in [6, 6.07) is 21.9. The Morgan fingerprint density at radius 1 is 0.850 bits per heavy atom. The molecular formula is C32H33F2N3O3. The normalized spacial score (nSPS) is 13.7. The molecule has 4 aromatic rings. The Morgan fingerprint density at radius 2 is 1.62 bits per heavy atom. The lowest BCUT2D eigenvalue weighted by molar-refractivity contribution is 0.183. The third kappa shape index (κ3) is 7.27. The average molecular weight is 546 g/mol. The Hall–Kier alpha value is -4.17. The number of nitrogens with one attached hydrogen (secondary N) is 2. The smallest absolute Gasteiger partial charge is 0.319 e. The van der Waals surface area contributed by atoms with E-state index in [1.165, 1.54) is 25.3 Å². The van der Waals surface area contributed by atoms with E-state index in [-0.39, 0.29) is 12.1 Å². The predicted molar refractivity (Wildman–Crippen MR) is 153 cm³/mol. The van der Waals surface area contributed by atoms with Crippen molar-refractivity contribution in [1.29, 1.82) is 0 Å². The number of carbonyl (C=O) groups is 1. The fraction of sp³-hybridized carbons (Fsp3) is 0.281. The van der Waals surface area contributed by atoms with Gasteiger partial charge in [0, 0.05) is 35.5 Å². The van der Waals surface area contributed by atoms with Crippen molar-refractivity contribution in [3.8, 4) is 11.5 Å². The molecule has 4 aromatic carbocycles. The Kier molecular flexibility index (Phi) is 9.08. The highest BCUT2D eigenvalue weighted by Crippen LogP contribution is 2.32. The summed E-state index contributed by atoms with van der Waals surface area (Å²) >= 11 is 0. The first-order valence-corrected chi connectivity index (χ1v) is 13.6. The summed E-state index contributed by atoms with van der Waals surface area (Å²) < 4.78 is 39.1. The Bertz CT molecular complexity index is 1440. The maximum absolute atomic E-state index is 13.9. The van der Waals surface area contributed by atoms with Gasteiger partial charge in [0.25, 0.3) is 0 Å². The number of piperidine rings is 1. The average Bonchev–Trinajstić information content (AvgIpc) is 2.97. The summed E-state index contributed by atoms with van der Waals surface area (Å²) in [5.41, 5.74) is 1.80. The first kappa shape index (κ1) is 27.4. The zero-order valence-electron chi connectivity index (χ0n) is 22.3. The third-order valence-corrected chi connectivity index (χ3v) is 7.03.